The van der Waals surface area contributed by atoms with E-state index in [1.165, 1.54) is 89.9 Å². The molecule has 16 nitrogen and oxygen atoms in total. The predicted molar refractivity (Wildman–Crippen MR) is 214 cm³/mol. The van der Waals surface area contributed by atoms with Crippen LogP contribution in [0.5, 0.6) is 0 Å². The third-order valence-corrected chi connectivity index (χ3v) is 8.89. The Balaban J connectivity index is -0.000000318. The highest BCUT2D eigenvalue weighted by Gasteiger charge is 2.04. The SMILES string of the molecule is CCCCCCCCCCCCOS(=O)(=O)O.CCCCCCCCCCCCOS(=O)(=O)O.OCCN(CCO)CCO.OCCN(CCO)CCO. The number of aliphatic hydroxyl groups excluding tert-OH is 6. The second-order valence-electron chi connectivity index (χ2n) is 12.9. The van der Waals surface area contributed by atoms with Gasteiger partial charge in [0.1, 0.15) is 0 Å². The molecule has 0 spiro atoms. The van der Waals surface area contributed by atoms with Crippen molar-refractivity contribution >= 4 is 20.8 Å². The normalized spacial score (nSPS) is 11.5. The van der Waals surface area contributed by atoms with Crippen LogP contribution in [0.1, 0.15) is 142 Å². The minimum atomic E-state index is -4.23. The van der Waals surface area contributed by atoms with Crippen molar-refractivity contribution in [1.29, 1.82) is 0 Å². The van der Waals surface area contributed by atoms with E-state index in [2.05, 4.69) is 22.2 Å². The van der Waals surface area contributed by atoms with Crippen molar-refractivity contribution < 1.29 is 64.9 Å². The largest absolute Gasteiger partial charge is 0.397 e. The van der Waals surface area contributed by atoms with E-state index in [-0.39, 0.29) is 52.9 Å². The molecular weight excluding hydrogens is 749 g/mol. The Morgan fingerprint density at radius 1 is 0.352 bits per heavy atom. The smallest absolute Gasteiger partial charge is 0.395 e. The molecule has 0 aliphatic rings. The van der Waals surface area contributed by atoms with E-state index in [4.69, 9.17) is 39.7 Å². The van der Waals surface area contributed by atoms with Crippen molar-refractivity contribution in [2.45, 2.75) is 142 Å². The molecule has 0 saturated heterocycles. The lowest BCUT2D eigenvalue weighted by Gasteiger charge is -2.17. The van der Waals surface area contributed by atoms with Gasteiger partial charge in [-0.3, -0.25) is 18.9 Å². The standard InChI is InChI=1S/2C12H26O4S.2C6H15NO3/c2*1-2-3-4-5-6-7-8-9-10-11-12-16-17(13,14)15;2*8-4-1-7(2-5-9)3-6-10/h2*2-12H2,1H3,(H,13,14,15);2*8-10H,1-6H2. The van der Waals surface area contributed by atoms with E-state index in [1.54, 1.807) is 9.80 Å². The van der Waals surface area contributed by atoms with Crippen molar-refractivity contribution in [3.05, 3.63) is 0 Å². The number of nitrogens with zero attached hydrogens (tertiary/aromatic N) is 2. The third kappa shape index (κ3) is 63.4. The fraction of sp³-hybridized carbons (Fsp3) is 1.00. The molecule has 0 aromatic heterocycles. The van der Waals surface area contributed by atoms with Gasteiger partial charge in [-0.05, 0) is 12.8 Å². The molecule has 0 aromatic rings. The minimum absolute atomic E-state index is 0.0694. The first-order chi connectivity index (χ1) is 25.8. The first kappa shape index (κ1) is 60.1. The van der Waals surface area contributed by atoms with Gasteiger partial charge in [-0.1, -0.05) is 129 Å². The summed E-state index contributed by atoms with van der Waals surface area (Å²) in [4.78, 5) is 3.58. The van der Waals surface area contributed by atoms with Crippen LogP contribution < -0.4 is 0 Å². The zero-order valence-corrected chi connectivity index (χ0v) is 35.4. The topological polar surface area (TPSA) is 255 Å². The van der Waals surface area contributed by atoms with Gasteiger partial charge in [0, 0.05) is 39.3 Å². The first-order valence-electron chi connectivity index (χ1n) is 20.2. The van der Waals surface area contributed by atoms with E-state index in [1.807, 2.05) is 0 Å². The van der Waals surface area contributed by atoms with Crippen LogP contribution in [0.25, 0.3) is 0 Å². The first-order valence-corrected chi connectivity index (χ1v) is 22.9. The Morgan fingerprint density at radius 2 is 0.537 bits per heavy atom. The van der Waals surface area contributed by atoms with Crippen molar-refractivity contribution in [3.63, 3.8) is 0 Å². The minimum Gasteiger partial charge on any atom is -0.395 e. The predicted octanol–water partition coefficient (Wildman–Crippen LogP) is 3.98. The number of hydrogen-bond donors (Lipinski definition) is 8. The Morgan fingerprint density at radius 3 is 0.704 bits per heavy atom. The van der Waals surface area contributed by atoms with Gasteiger partial charge in [0.2, 0.25) is 0 Å². The van der Waals surface area contributed by atoms with E-state index >= 15 is 0 Å². The molecule has 0 rings (SSSR count). The summed E-state index contributed by atoms with van der Waals surface area (Å²) in [6.07, 6.45) is 23.7. The summed E-state index contributed by atoms with van der Waals surface area (Å²) in [6.45, 7) is 8.13. The molecule has 0 aliphatic heterocycles. The number of hydrogen-bond acceptors (Lipinski definition) is 14. The number of rotatable bonds is 36. The van der Waals surface area contributed by atoms with Crippen molar-refractivity contribution in [2.75, 3.05) is 92.1 Å². The maximum Gasteiger partial charge on any atom is 0.397 e. The molecule has 0 radical (unpaired) electrons. The Labute approximate surface area is 329 Å². The summed E-state index contributed by atoms with van der Waals surface area (Å²) in [5.41, 5.74) is 0. The van der Waals surface area contributed by atoms with Crippen LogP contribution in [0.2, 0.25) is 0 Å². The number of aliphatic hydroxyl groups is 6. The van der Waals surface area contributed by atoms with Crippen molar-refractivity contribution in [3.8, 4) is 0 Å². The molecule has 0 heterocycles. The molecule has 0 bridgehead atoms. The molecule has 0 saturated carbocycles. The summed E-state index contributed by atoms with van der Waals surface area (Å²) in [6, 6.07) is 0. The highest BCUT2D eigenvalue weighted by Crippen LogP contribution is 2.11. The molecule has 332 valence electrons. The Bertz CT molecular complexity index is 803. The highest BCUT2D eigenvalue weighted by molar-refractivity contribution is 7.81. The summed E-state index contributed by atoms with van der Waals surface area (Å²) in [5.74, 6) is 0. The highest BCUT2D eigenvalue weighted by atomic mass is 32.3. The van der Waals surface area contributed by atoms with Gasteiger partial charge < -0.3 is 30.6 Å². The van der Waals surface area contributed by atoms with Gasteiger partial charge in [-0.25, -0.2) is 8.37 Å². The molecule has 0 aliphatic carbocycles. The van der Waals surface area contributed by atoms with Crippen LogP contribution in [0.3, 0.4) is 0 Å². The molecule has 8 N–H and O–H groups in total. The van der Waals surface area contributed by atoms with E-state index in [9.17, 15) is 16.8 Å². The second-order valence-corrected chi connectivity index (χ2v) is 15.1. The van der Waals surface area contributed by atoms with Crippen LogP contribution in [-0.2, 0) is 29.2 Å². The zero-order chi connectivity index (χ0) is 41.6. The Hall–Kier alpha value is -0.580. The summed E-state index contributed by atoms with van der Waals surface area (Å²) >= 11 is 0. The second kappa shape index (κ2) is 48.6. The molecule has 54 heavy (non-hydrogen) atoms. The maximum atomic E-state index is 10.2. The molecule has 0 amide bonds. The Kier molecular flexibility index (Phi) is 54.1. The maximum absolute atomic E-state index is 10.2. The lowest BCUT2D eigenvalue weighted by Crippen LogP contribution is -2.32. The number of unbranched alkanes of at least 4 members (excludes halogenated alkanes) is 18. The lowest BCUT2D eigenvalue weighted by atomic mass is 10.1. The van der Waals surface area contributed by atoms with Crippen LogP contribution in [0.4, 0.5) is 0 Å². The van der Waals surface area contributed by atoms with Crippen molar-refractivity contribution in [1.82, 2.24) is 9.80 Å². The van der Waals surface area contributed by atoms with Gasteiger partial charge in [-0.15, -0.1) is 0 Å². The van der Waals surface area contributed by atoms with Gasteiger partial charge in [0.15, 0.2) is 0 Å². The van der Waals surface area contributed by atoms with E-state index < -0.39 is 20.8 Å². The molecule has 0 atom stereocenters. The molecule has 0 aromatic carbocycles. The van der Waals surface area contributed by atoms with Gasteiger partial charge >= 0.3 is 20.8 Å². The van der Waals surface area contributed by atoms with E-state index in [0.717, 1.165) is 25.7 Å². The fourth-order valence-corrected chi connectivity index (χ4v) is 5.68. The quantitative estimate of drug-likeness (QED) is 0.0328. The van der Waals surface area contributed by atoms with Gasteiger partial charge in [0.25, 0.3) is 0 Å². The third-order valence-electron chi connectivity index (χ3n) is 7.96. The molecule has 0 unspecified atom stereocenters. The summed E-state index contributed by atoms with van der Waals surface area (Å²) in [5, 5.41) is 50.9. The van der Waals surface area contributed by atoms with Crippen LogP contribution in [0.15, 0.2) is 0 Å². The van der Waals surface area contributed by atoms with Crippen LogP contribution in [-0.4, -0.2) is 159 Å². The van der Waals surface area contributed by atoms with Gasteiger partial charge in [0.05, 0.1) is 52.9 Å². The molecule has 18 heteroatoms. The summed E-state index contributed by atoms with van der Waals surface area (Å²) in [7, 11) is -8.47. The zero-order valence-electron chi connectivity index (χ0n) is 33.8. The van der Waals surface area contributed by atoms with E-state index in [0.29, 0.717) is 52.1 Å². The lowest BCUT2D eigenvalue weighted by molar-refractivity contribution is 0.136. The monoisotopic (exact) mass is 831 g/mol. The average Bonchev–Trinajstić information content (AvgIpc) is 3.10. The van der Waals surface area contributed by atoms with Crippen molar-refractivity contribution in [2.24, 2.45) is 0 Å². The van der Waals surface area contributed by atoms with Crippen LogP contribution in [0, 0.1) is 0 Å². The van der Waals surface area contributed by atoms with Gasteiger partial charge in [-0.2, -0.15) is 16.8 Å². The van der Waals surface area contributed by atoms with Crippen LogP contribution >= 0.6 is 0 Å². The average molecular weight is 831 g/mol. The summed E-state index contributed by atoms with van der Waals surface area (Å²) < 4.78 is 66.0. The molecular formula is C36H82N2O14S2. The fourth-order valence-electron chi connectivity index (χ4n) is 5.03. The molecule has 0 fully saturated rings.